The summed E-state index contributed by atoms with van der Waals surface area (Å²) in [4.78, 5) is 33.6. The van der Waals surface area contributed by atoms with Crippen molar-refractivity contribution in [2.75, 3.05) is 7.11 Å². The molecule has 0 aromatic heterocycles. The molecule has 0 aliphatic rings. The number of methoxy groups -OCH3 is 1. The molecule has 0 aromatic rings. The number of carbonyl (C=O) groups is 3. The van der Waals surface area contributed by atoms with E-state index in [1.807, 2.05) is 13.8 Å². The molecule has 5 heteroatoms. The molecular formula is C10H17NO4. The van der Waals surface area contributed by atoms with Crippen molar-refractivity contribution < 1.29 is 19.1 Å². The van der Waals surface area contributed by atoms with Gasteiger partial charge >= 0.3 is 5.97 Å². The molecule has 0 bridgehead atoms. The molecule has 0 radical (unpaired) electrons. The van der Waals surface area contributed by atoms with Crippen molar-refractivity contribution in [3.8, 4) is 0 Å². The van der Waals surface area contributed by atoms with Gasteiger partial charge in [0, 0.05) is 13.3 Å². The van der Waals surface area contributed by atoms with Gasteiger partial charge in [-0.15, -0.1) is 0 Å². The van der Waals surface area contributed by atoms with Gasteiger partial charge in [-0.05, 0) is 5.92 Å². The van der Waals surface area contributed by atoms with E-state index in [0.717, 1.165) is 0 Å². The first-order chi connectivity index (χ1) is 6.88. The fraction of sp³-hybridized carbons (Fsp3) is 0.700. The Labute approximate surface area is 89.2 Å². The maximum absolute atomic E-state index is 11.6. The van der Waals surface area contributed by atoms with Crippen molar-refractivity contribution in [3.05, 3.63) is 0 Å². The minimum Gasteiger partial charge on any atom is -0.467 e. The van der Waals surface area contributed by atoms with Crippen LogP contribution in [0.15, 0.2) is 0 Å². The quantitative estimate of drug-likeness (QED) is 0.528. The Balaban J connectivity index is 4.54. The van der Waals surface area contributed by atoms with Crippen LogP contribution >= 0.6 is 0 Å². The van der Waals surface area contributed by atoms with E-state index in [4.69, 9.17) is 0 Å². The topological polar surface area (TPSA) is 72.5 Å². The van der Waals surface area contributed by atoms with Gasteiger partial charge in [0.25, 0.3) is 0 Å². The van der Waals surface area contributed by atoms with Crippen molar-refractivity contribution in [1.29, 1.82) is 0 Å². The third kappa shape index (κ3) is 5.15. The Bertz CT molecular complexity index is 260. The van der Waals surface area contributed by atoms with Gasteiger partial charge in [-0.1, -0.05) is 13.8 Å². The van der Waals surface area contributed by atoms with E-state index in [0.29, 0.717) is 0 Å². The summed E-state index contributed by atoms with van der Waals surface area (Å²) in [5, 5.41) is 2.27. The lowest BCUT2D eigenvalue weighted by Gasteiger charge is -2.15. The van der Waals surface area contributed by atoms with Crippen molar-refractivity contribution in [3.63, 3.8) is 0 Å². The van der Waals surface area contributed by atoms with Crippen LogP contribution in [0.5, 0.6) is 0 Å². The molecule has 0 saturated heterocycles. The second-order valence-electron chi connectivity index (χ2n) is 3.72. The Morgan fingerprint density at radius 2 is 1.80 bits per heavy atom. The van der Waals surface area contributed by atoms with E-state index in [1.54, 1.807) is 0 Å². The van der Waals surface area contributed by atoms with Crippen LogP contribution in [0.2, 0.25) is 0 Å². The number of nitrogens with one attached hydrogen (secondary N) is 1. The molecule has 0 fully saturated rings. The number of hydrogen-bond donors (Lipinski definition) is 1. The Morgan fingerprint density at radius 3 is 2.13 bits per heavy atom. The molecule has 1 atom stereocenters. The molecule has 0 aliphatic heterocycles. The molecule has 5 nitrogen and oxygen atoms in total. The normalized spacial score (nSPS) is 12.1. The molecule has 0 heterocycles. The number of ketones is 1. The molecule has 0 rings (SSSR count). The molecule has 15 heavy (non-hydrogen) atoms. The van der Waals surface area contributed by atoms with Gasteiger partial charge in [0.05, 0.1) is 7.11 Å². The lowest BCUT2D eigenvalue weighted by molar-refractivity contribution is -0.148. The second kappa shape index (κ2) is 6.16. The number of Topliss-reactive ketones (excluding diaryl/α,β-unsaturated/α-hetero) is 1. The van der Waals surface area contributed by atoms with Gasteiger partial charge in [-0.2, -0.15) is 0 Å². The molecular weight excluding hydrogens is 198 g/mol. The van der Waals surface area contributed by atoms with Gasteiger partial charge in [0.15, 0.2) is 11.8 Å². The summed E-state index contributed by atoms with van der Waals surface area (Å²) >= 11 is 0. The predicted octanol–water partition coefficient (Wildman–Crippen LogP) is 0.279. The summed E-state index contributed by atoms with van der Waals surface area (Å²) < 4.78 is 4.44. The largest absolute Gasteiger partial charge is 0.467 e. The third-order valence-electron chi connectivity index (χ3n) is 1.72. The molecule has 0 saturated carbocycles. The Morgan fingerprint density at radius 1 is 1.27 bits per heavy atom. The summed E-state index contributed by atoms with van der Waals surface area (Å²) in [7, 11) is 1.18. The summed E-state index contributed by atoms with van der Waals surface area (Å²) in [5.41, 5.74) is 0. The van der Waals surface area contributed by atoms with Gasteiger partial charge in [-0.3, -0.25) is 9.59 Å². The molecule has 0 aromatic carbocycles. The van der Waals surface area contributed by atoms with Crippen molar-refractivity contribution in [2.24, 2.45) is 5.92 Å². The van der Waals surface area contributed by atoms with E-state index < -0.39 is 17.9 Å². The van der Waals surface area contributed by atoms with Crippen LogP contribution in [0.1, 0.15) is 27.2 Å². The summed E-state index contributed by atoms with van der Waals surface area (Å²) in [6.45, 7) is 4.97. The highest BCUT2D eigenvalue weighted by Crippen LogP contribution is 2.04. The minimum absolute atomic E-state index is 0.137. The van der Waals surface area contributed by atoms with Crippen LogP contribution in [0.25, 0.3) is 0 Å². The van der Waals surface area contributed by atoms with Crippen molar-refractivity contribution in [1.82, 2.24) is 5.32 Å². The zero-order chi connectivity index (χ0) is 12.0. The third-order valence-corrected chi connectivity index (χ3v) is 1.72. The van der Waals surface area contributed by atoms with Gasteiger partial charge in [0.2, 0.25) is 5.91 Å². The molecule has 0 spiro atoms. The molecule has 0 aliphatic carbocycles. The van der Waals surface area contributed by atoms with E-state index in [1.165, 1.54) is 14.0 Å². The number of rotatable bonds is 5. The molecule has 1 amide bonds. The lowest BCUT2D eigenvalue weighted by atomic mass is 10.0. The zero-order valence-corrected chi connectivity index (χ0v) is 9.49. The maximum Gasteiger partial charge on any atom is 0.336 e. The van der Waals surface area contributed by atoms with Gasteiger partial charge < -0.3 is 10.1 Å². The SMILES string of the molecule is COC(=O)C(NC(C)=O)C(=O)CC(C)C. The zero-order valence-electron chi connectivity index (χ0n) is 9.49. The molecule has 86 valence electrons. The Kier molecular flexibility index (Phi) is 5.59. The highest BCUT2D eigenvalue weighted by molar-refractivity contribution is 6.05. The van der Waals surface area contributed by atoms with Crippen LogP contribution < -0.4 is 5.32 Å². The van der Waals surface area contributed by atoms with Crippen LogP contribution in [0.3, 0.4) is 0 Å². The van der Waals surface area contributed by atoms with E-state index in [9.17, 15) is 14.4 Å². The summed E-state index contributed by atoms with van der Waals surface area (Å²) in [6.07, 6.45) is 0.236. The van der Waals surface area contributed by atoms with Crippen LogP contribution in [-0.4, -0.2) is 30.8 Å². The monoisotopic (exact) mass is 215 g/mol. The first kappa shape index (κ1) is 13.6. The predicted molar refractivity (Wildman–Crippen MR) is 54.1 cm³/mol. The van der Waals surface area contributed by atoms with E-state index in [-0.39, 0.29) is 18.1 Å². The maximum atomic E-state index is 11.6. The first-order valence-electron chi connectivity index (χ1n) is 4.76. The van der Waals surface area contributed by atoms with E-state index in [2.05, 4.69) is 10.1 Å². The first-order valence-corrected chi connectivity index (χ1v) is 4.76. The average molecular weight is 215 g/mol. The van der Waals surface area contributed by atoms with Gasteiger partial charge in [-0.25, -0.2) is 4.79 Å². The smallest absolute Gasteiger partial charge is 0.336 e. The van der Waals surface area contributed by atoms with Crippen molar-refractivity contribution in [2.45, 2.75) is 33.2 Å². The second-order valence-corrected chi connectivity index (χ2v) is 3.72. The number of carbonyl (C=O) groups excluding carboxylic acids is 3. The van der Waals surface area contributed by atoms with Gasteiger partial charge in [0.1, 0.15) is 0 Å². The van der Waals surface area contributed by atoms with E-state index >= 15 is 0 Å². The Hall–Kier alpha value is -1.39. The summed E-state index contributed by atoms with van der Waals surface area (Å²) in [5.74, 6) is -1.34. The number of hydrogen-bond acceptors (Lipinski definition) is 4. The number of esters is 1. The summed E-state index contributed by atoms with van der Waals surface area (Å²) in [6, 6.07) is -1.17. The molecule has 1 N–H and O–H groups in total. The minimum atomic E-state index is -1.17. The number of amides is 1. The van der Waals surface area contributed by atoms with Crippen LogP contribution in [-0.2, 0) is 19.1 Å². The average Bonchev–Trinajstić information content (AvgIpc) is 2.11. The van der Waals surface area contributed by atoms with Crippen LogP contribution in [0, 0.1) is 5.92 Å². The number of ether oxygens (including phenoxy) is 1. The fourth-order valence-corrected chi connectivity index (χ4v) is 1.11. The standard InChI is InChI=1S/C10H17NO4/c1-6(2)5-8(13)9(10(14)15-4)11-7(3)12/h6,9H,5H2,1-4H3,(H,11,12). The fourth-order valence-electron chi connectivity index (χ4n) is 1.11. The highest BCUT2D eigenvalue weighted by Gasteiger charge is 2.28. The lowest BCUT2D eigenvalue weighted by Crippen LogP contribution is -2.46. The highest BCUT2D eigenvalue weighted by atomic mass is 16.5. The molecule has 1 unspecified atom stereocenters. The van der Waals surface area contributed by atoms with Crippen molar-refractivity contribution >= 4 is 17.7 Å². The van der Waals surface area contributed by atoms with Crippen LogP contribution in [0.4, 0.5) is 0 Å².